The van der Waals surface area contributed by atoms with Crippen LogP contribution in [0.3, 0.4) is 0 Å². The minimum atomic E-state index is -2.72. The summed E-state index contributed by atoms with van der Waals surface area (Å²) in [7, 11) is 0. The van der Waals surface area contributed by atoms with Crippen LogP contribution in [-0.4, -0.2) is 29.2 Å². The van der Waals surface area contributed by atoms with Crippen molar-refractivity contribution in [2.24, 2.45) is 0 Å². The molecule has 1 heterocycles. The maximum Gasteiger partial charge on any atom is 0.265 e. The lowest BCUT2D eigenvalue weighted by atomic mass is 10.2. The molecular formula is C13H14F2N2OS. The monoisotopic (exact) mass is 284 g/mol. The Kier molecular flexibility index (Phi) is 4.95. The quantitative estimate of drug-likeness (QED) is 0.857. The first-order valence-electron chi connectivity index (χ1n) is 5.83. The van der Waals surface area contributed by atoms with Gasteiger partial charge in [-0.05, 0) is 0 Å². The van der Waals surface area contributed by atoms with E-state index >= 15 is 0 Å². The molecule has 2 rings (SSSR count). The molecular weight excluding hydrogens is 270 g/mol. The van der Waals surface area contributed by atoms with Gasteiger partial charge in [0.05, 0.1) is 5.69 Å². The lowest BCUT2D eigenvalue weighted by Crippen LogP contribution is -2.31. The second-order valence-electron chi connectivity index (χ2n) is 4.03. The molecule has 1 aromatic heterocycles. The van der Waals surface area contributed by atoms with E-state index < -0.39 is 12.5 Å². The van der Waals surface area contributed by atoms with Gasteiger partial charge >= 0.3 is 0 Å². The van der Waals surface area contributed by atoms with Gasteiger partial charge in [0.2, 0.25) is 0 Å². The van der Waals surface area contributed by atoms with Crippen molar-refractivity contribution in [2.45, 2.75) is 19.1 Å². The van der Waals surface area contributed by atoms with E-state index in [1.165, 1.54) is 11.3 Å². The average Bonchev–Trinajstić information content (AvgIpc) is 2.88. The van der Waals surface area contributed by atoms with Crippen molar-refractivity contribution in [2.75, 3.05) is 6.54 Å². The Morgan fingerprint density at radius 2 is 2.00 bits per heavy atom. The van der Waals surface area contributed by atoms with Gasteiger partial charge in [0.1, 0.15) is 11.1 Å². The van der Waals surface area contributed by atoms with Crippen LogP contribution in [0.25, 0.3) is 11.3 Å². The molecule has 0 amide bonds. The summed E-state index contributed by atoms with van der Waals surface area (Å²) in [6.07, 6.45) is -4.35. The van der Waals surface area contributed by atoms with E-state index in [1.807, 2.05) is 35.7 Å². The summed E-state index contributed by atoms with van der Waals surface area (Å²) in [4.78, 5) is 4.41. The highest BCUT2D eigenvalue weighted by Crippen LogP contribution is 2.21. The normalized spacial score (nSPS) is 12.8. The minimum Gasteiger partial charge on any atom is -0.386 e. The van der Waals surface area contributed by atoms with Crippen LogP contribution in [0.1, 0.15) is 5.01 Å². The molecule has 1 atom stereocenters. The van der Waals surface area contributed by atoms with Gasteiger partial charge in [0.25, 0.3) is 6.43 Å². The van der Waals surface area contributed by atoms with Gasteiger partial charge in [0, 0.05) is 24.0 Å². The summed E-state index contributed by atoms with van der Waals surface area (Å²) in [5.74, 6) is 0. The summed E-state index contributed by atoms with van der Waals surface area (Å²) >= 11 is 1.46. The molecule has 19 heavy (non-hydrogen) atoms. The number of aliphatic hydroxyl groups excluding tert-OH is 1. The number of hydrogen-bond donors (Lipinski definition) is 2. The Morgan fingerprint density at radius 1 is 1.26 bits per heavy atom. The first-order chi connectivity index (χ1) is 9.16. The molecule has 0 bridgehead atoms. The largest absolute Gasteiger partial charge is 0.386 e. The van der Waals surface area contributed by atoms with Crippen molar-refractivity contribution in [3.8, 4) is 11.3 Å². The molecule has 0 aliphatic heterocycles. The SMILES string of the molecule is OC(CNCc1nc(-c2ccccc2)cs1)C(F)F. The summed E-state index contributed by atoms with van der Waals surface area (Å²) < 4.78 is 24.2. The van der Waals surface area contributed by atoms with Crippen molar-refractivity contribution < 1.29 is 13.9 Å². The lowest BCUT2D eigenvalue weighted by molar-refractivity contribution is -0.00340. The zero-order valence-corrected chi connectivity index (χ0v) is 10.9. The number of nitrogens with zero attached hydrogens (tertiary/aromatic N) is 1. The van der Waals surface area contributed by atoms with Gasteiger partial charge < -0.3 is 10.4 Å². The number of rotatable bonds is 6. The van der Waals surface area contributed by atoms with E-state index in [9.17, 15) is 8.78 Å². The summed E-state index contributed by atoms with van der Waals surface area (Å²) in [6.45, 7) is 0.235. The third-order valence-corrected chi connectivity index (χ3v) is 3.39. The number of aromatic nitrogens is 1. The smallest absolute Gasteiger partial charge is 0.265 e. The zero-order chi connectivity index (χ0) is 13.7. The van der Waals surface area contributed by atoms with Gasteiger partial charge in [-0.25, -0.2) is 13.8 Å². The van der Waals surface area contributed by atoms with Gasteiger partial charge in [-0.1, -0.05) is 30.3 Å². The molecule has 0 aliphatic rings. The number of nitrogens with one attached hydrogen (secondary N) is 1. The molecule has 0 saturated carbocycles. The van der Waals surface area contributed by atoms with Crippen LogP contribution in [0, 0.1) is 0 Å². The highest BCUT2D eigenvalue weighted by Gasteiger charge is 2.15. The zero-order valence-electron chi connectivity index (χ0n) is 10.1. The second-order valence-corrected chi connectivity index (χ2v) is 4.97. The van der Waals surface area contributed by atoms with Crippen LogP contribution in [-0.2, 0) is 6.54 Å². The third kappa shape index (κ3) is 4.05. The molecule has 0 saturated heterocycles. The van der Waals surface area contributed by atoms with E-state index in [4.69, 9.17) is 5.11 Å². The Bertz CT molecular complexity index is 504. The molecule has 0 radical (unpaired) electrons. The van der Waals surface area contributed by atoms with Crippen molar-refractivity contribution >= 4 is 11.3 Å². The molecule has 0 aliphatic carbocycles. The standard InChI is InChI=1S/C13H14F2N2OS/c14-13(15)11(18)6-16-7-12-17-10(8-19-12)9-4-2-1-3-5-9/h1-5,8,11,13,16,18H,6-7H2. The predicted octanol–water partition coefficient (Wildman–Crippen LogP) is 2.53. The summed E-state index contributed by atoms with van der Waals surface area (Å²) in [5, 5.41) is 14.5. The fraction of sp³-hybridized carbons (Fsp3) is 0.308. The van der Waals surface area contributed by atoms with Gasteiger partial charge in [0.15, 0.2) is 0 Å². The fourth-order valence-corrected chi connectivity index (χ4v) is 2.32. The van der Waals surface area contributed by atoms with Crippen molar-refractivity contribution in [3.63, 3.8) is 0 Å². The third-order valence-electron chi connectivity index (χ3n) is 2.54. The molecule has 102 valence electrons. The molecule has 0 fully saturated rings. The molecule has 1 aromatic carbocycles. The topological polar surface area (TPSA) is 45.1 Å². The van der Waals surface area contributed by atoms with Crippen molar-refractivity contribution in [1.29, 1.82) is 0 Å². The number of benzene rings is 1. The maximum atomic E-state index is 12.1. The Balaban J connectivity index is 1.88. The van der Waals surface area contributed by atoms with E-state index in [1.54, 1.807) is 0 Å². The van der Waals surface area contributed by atoms with Crippen molar-refractivity contribution in [3.05, 3.63) is 40.7 Å². The van der Waals surface area contributed by atoms with E-state index in [-0.39, 0.29) is 6.54 Å². The number of halogens is 2. The van der Waals surface area contributed by atoms with E-state index in [2.05, 4.69) is 10.3 Å². The summed E-state index contributed by atoms with van der Waals surface area (Å²) in [5.41, 5.74) is 1.90. The molecule has 1 unspecified atom stereocenters. The van der Waals surface area contributed by atoms with Crippen LogP contribution < -0.4 is 5.32 Å². The van der Waals surface area contributed by atoms with Gasteiger partial charge in [-0.2, -0.15) is 0 Å². The van der Waals surface area contributed by atoms with E-state index in [0.717, 1.165) is 16.3 Å². The first kappa shape index (κ1) is 14.0. The summed E-state index contributed by atoms with van der Waals surface area (Å²) in [6, 6.07) is 9.74. The minimum absolute atomic E-state index is 0.141. The van der Waals surface area contributed by atoms with Crippen LogP contribution in [0.5, 0.6) is 0 Å². The number of hydrogen-bond acceptors (Lipinski definition) is 4. The van der Waals surface area contributed by atoms with Gasteiger partial charge in [-0.15, -0.1) is 11.3 Å². The first-order valence-corrected chi connectivity index (χ1v) is 6.71. The van der Waals surface area contributed by atoms with E-state index in [0.29, 0.717) is 6.54 Å². The lowest BCUT2D eigenvalue weighted by Gasteiger charge is -2.09. The highest BCUT2D eigenvalue weighted by atomic mass is 32.1. The van der Waals surface area contributed by atoms with Crippen LogP contribution >= 0.6 is 11.3 Å². The molecule has 0 spiro atoms. The second kappa shape index (κ2) is 6.70. The molecule has 2 N–H and O–H groups in total. The average molecular weight is 284 g/mol. The molecule has 2 aromatic rings. The predicted molar refractivity (Wildman–Crippen MR) is 71.3 cm³/mol. The number of thiazole rings is 1. The Hall–Kier alpha value is -1.37. The van der Waals surface area contributed by atoms with Crippen LogP contribution in [0.2, 0.25) is 0 Å². The Morgan fingerprint density at radius 3 is 2.68 bits per heavy atom. The van der Waals surface area contributed by atoms with Crippen LogP contribution in [0.15, 0.2) is 35.7 Å². The van der Waals surface area contributed by atoms with Crippen LogP contribution in [0.4, 0.5) is 8.78 Å². The van der Waals surface area contributed by atoms with Crippen molar-refractivity contribution in [1.82, 2.24) is 10.3 Å². The highest BCUT2D eigenvalue weighted by molar-refractivity contribution is 7.09. The fourth-order valence-electron chi connectivity index (χ4n) is 1.55. The maximum absolute atomic E-state index is 12.1. The van der Waals surface area contributed by atoms with Gasteiger partial charge in [-0.3, -0.25) is 0 Å². The number of alkyl halides is 2. The number of aliphatic hydroxyl groups is 1. The molecule has 6 heteroatoms. The molecule has 3 nitrogen and oxygen atoms in total. The Labute approximate surface area is 113 Å².